The highest BCUT2D eigenvalue weighted by Crippen LogP contribution is 2.44. The van der Waals surface area contributed by atoms with Gasteiger partial charge < -0.3 is 10.8 Å². The third-order valence-electron chi connectivity index (χ3n) is 3.22. The molecule has 0 aliphatic rings. The van der Waals surface area contributed by atoms with Crippen LogP contribution in [0.4, 0.5) is 17.6 Å². The molecule has 0 aliphatic carbocycles. The summed E-state index contributed by atoms with van der Waals surface area (Å²) in [6, 6.07) is 0.710. The van der Waals surface area contributed by atoms with Crippen molar-refractivity contribution in [3.05, 3.63) is 34.6 Å². The molecule has 0 aliphatic heterocycles. The second-order valence-corrected chi connectivity index (χ2v) is 4.72. The molecule has 6 heteroatoms. The Morgan fingerprint density at radius 1 is 1.26 bits per heavy atom. The van der Waals surface area contributed by atoms with Crippen molar-refractivity contribution in [1.29, 1.82) is 0 Å². The Labute approximate surface area is 109 Å². The lowest BCUT2D eigenvalue weighted by molar-refractivity contribution is -0.275. The van der Waals surface area contributed by atoms with Gasteiger partial charge in [0, 0.05) is 11.6 Å². The van der Waals surface area contributed by atoms with Gasteiger partial charge in [-0.3, -0.25) is 0 Å². The quantitative estimate of drug-likeness (QED) is 0.836. The molecule has 0 heterocycles. The summed E-state index contributed by atoms with van der Waals surface area (Å²) in [6.07, 6.45) is -5.19. The molecule has 108 valence electrons. The maximum atomic E-state index is 13.9. The predicted molar refractivity (Wildman–Crippen MR) is 64.1 cm³/mol. The maximum absolute atomic E-state index is 13.9. The summed E-state index contributed by atoms with van der Waals surface area (Å²) in [7, 11) is 0. The van der Waals surface area contributed by atoms with Gasteiger partial charge in [0.25, 0.3) is 0 Å². The molecule has 3 N–H and O–H groups in total. The minimum Gasteiger partial charge on any atom is -0.375 e. The smallest absolute Gasteiger partial charge is 0.375 e. The predicted octanol–water partition coefficient (Wildman–Crippen LogP) is 2.93. The first-order valence-electron chi connectivity index (χ1n) is 5.87. The highest BCUT2D eigenvalue weighted by Gasteiger charge is 2.59. The zero-order valence-electron chi connectivity index (χ0n) is 11.0. The van der Waals surface area contributed by atoms with Crippen molar-refractivity contribution in [2.45, 2.75) is 45.0 Å². The number of hydrogen-bond donors (Lipinski definition) is 2. The van der Waals surface area contributed by atoms with Gasteiger partial charge in [0.05, 0.1) is 0 Å². The van der Waals surface area contributed by atoms with Gasteiger partial charge in [0.2, 0.25) is 5.60 Å². The Morgan fingerprint density at radius 3 is 2.16 bits per heavy atom. The Kier molecular flexibility index (Phi) is 4.27. The Hall–Kier alpha value is -1.14. The summed E-state index contributed by atoms with van der Waals surface area (Å²) in [6.45, 7) is 4.29. The van der Waals surface area contributed by atoms with Crippen LogP contribution in [-0.4, -0.2) is 17.3 Å². The molecule has 0 spiro atoms. The number of rotatable bonds is 3. The molecule has 0 fully saturated rings. The first kappa shape index (κ1) is 15.9. The Balaban J connectivity index is 3.61. The average molecular weight is 279 g/mol. The first-order chi connectivity index (χ1) is 8.55. The fraction of sp³-hybridized carbons (Fsp3) is 0.538. The number of hydrogen-bond acceptors (Lipinski definition) is 2. The monoisotopic (exact) mass is 279 g/mol. The van der Waals surface area contributed by atoms with Crippen LogP contribution in [0.25, 0.3) is 0 Å². The SMILES string of the molecule is CCC(N)C(O)(c1c(C)cc(C)cc1F)C(F)(F)F. The lowest BCUT2D eigenvalue weighted by Crippen LogP contribution is -2.56. The van der Waals surface area contributed by atoms with Crippen LogP contribution < -0.4 is 5.73 Å². The third kappa shape index (κ3) is 2.60. The number of benzene rings is 1. The van der Waals surface area contributed by atoms with E-state index in [2.05, 4.69) is 0 Å². The van der Waals surface area contributed by atoms with E-state index in [0.29, 0.717) is 5.56 Å². The summed E-state index contributed by atoms with van der Waals surface area (Å²) in [5.41, 5.74) is 1.74. The molecular weight excluding hydrogens is 262 g/mol. The normalized spacial score (nSPS) is 17.1. The summed E-state index contributed by atoms with van der Waals surface area (Å²) < 4.78 is 53.5. The standard InChI is InChI=1S/C13H17F4NO/c1-4-10(18)12(19,13(15,16)17)11-8(3)5-7(2)6-9(11)14/h5-6,10,19H,4,18H2,1-3H3. The second kappa shape index (κ2) is 5.09. The van der Waals surface area contributed by atoms with E-state index < -0.39 is 29.2 Å². The second-order valence-electron chi connectivity index (χ2n) is 4.72. The molecule has 0 saturated heterocycles. The lowest BCUT2D eigenvalue weighted by atomic mass is 9.81. The van der Waals surface area contributed by atoms with Crippen molar-refractivity contribution in [1.82, 2.24) is 0 Å². The van der Waals surface area contributed by atoms with E-state index in [0.717, 1.165) is 6.07 Å². The van der Waals surface area contributed by atoms with E-state index in [9.17, 15) is 22.7 Å². The van der Waals surface area contributed by atoms with E-state index >= 15 is 0 Å². The molecule has 2 unspecified atom stereocenters. The van der Waals surface area contributed by atoms with Crippen molar-refractivity contribution in [3.8, 4) is 0 Å². The van der Waals surface area contributed by atoms with E-state index in [1.165, 1.54) is 19.9 Å². The molecule has 2 atom stereocenters. The van der Waals surface area contributed by atoms with Crippen molar-refractivity contribution < 1.29 is 22.7 Å². The van der Waals surface area contributed by atoms with Crippen LogP contribution in [0.15, 0.2) is 12.1 Å². The zero-order chi connectivity index (χ0) is 15.0. The maximum Gasteiger partial charge on any atom is 0.423 e. The van der Waals surface area contributed by atoms with E-state index in [1.807, 2.05) is 0 Å². The van der Waals surface area contributed by atoms with Crippen LogP contribution >= 0.6 is 0 Å². The van der Waals surface area contributed by atoms with E-state index in [1.54, 1.807) is 6.92 Å². The highest BCUT2D eigenvalue weighted by molar-refractivity contribution is 5.38. The highest BCUT2D eigenvalue weighted by atomic mass is 19.4. The number of aryl methyl sites for hydroxylation is 2. The number of aliphatic hydroxyl groups is 1. The molecule has 1 aromatic rings. The molecule has 19 heavy (non-hydrogen) atoms. The van der Waals surface area contributed by atoms with Gasteiger partial charge in [-0.05, 0) is 37.5 Å². The van der Waals surface area contributed by atoms with Crippen molar-refractivity contribution in [3.63, 3.8) is 0 Å². The van der Waals surface area contributed by atoms with Gasteiger partial charge in [-0.25, -0.2) is 4.39 Å². The largest absolute Gasteiger partial charge is 0.423 e. The minimum absolute atomic E-state index is 0.0289. The van der Waals surface area contributed by atoms with Crippen molar-refractivity contribution in [2.75, 3.05) is 0 Å². The number of nitrogens with two attached hydrogens (primary N) is 1. The minimum atomic E-state index is -5.05. The average Bonchev–Trinajstić information content (AvgIpc) is 2.24. The van der Waals surface area contributed by atoms with Crippen LogP contribution in [0.2, 0.25) is 0 Å². The molecule has 0 amide bonds. The fourth-order valence-electron chi connectivity index (χ4n) is 2.23. The van der Waals surface area contributed by atoms with Crippen LogP contribution in [0, 0.1) is 19.7 Å². The topological polar surface area (TPSA) is 46.2 Å². The summed E-state index contributed by atoms with van der Waals surface area (Å²) in [4.78, 5) is 0. The van der Waals surface area contributed by atoms with E-state index in [4.69, 9.17) is 5.73 Å². The van der Waals surface area contributed by atoms with Crippen LogP contribution in [-0.2, 0) is 5.60 Å². The fourth-order valence-corrected chi connectivity index (χ4v) is 2.23. The summed E-state index contributed by atoms with van der Waals surface area (Å²) in [5.74, 6) is -1.10. The Bertz CT molecular complexity index is 449. The molecule has 0 bridgehead atoms. The Morgan fingerprint density at radius 2 is 1.79 bits per heavy atom. The van der Waals surface area contributed by atoms with Crippen molar-refractivity contribution >= 4 is 0 Å². The molecule has 0 radical (unpaired) electrons. The van der Waals surface area contributed by atoms with Gasteiger partial charge in [0.1, 0.15) is 5.82 Å². The van der Waals surface area contributed by atoms with Gasteiger partial charge >= 0.3 is 6.18 Å². The van der Waals surface area contributed by atoms with Crippen LogP contribution in [0.5, 0.6) is 0 Å². The van der Waals surface area contributed by atoms with E-state index in [-0.39, 0.29) is 12.0 Å². The molecule has 1 rings (SSSR count). The number of halogens is 4. The van der Waals surface area contributed by atoms with Crippen LogP contribution in [0.1, 0.15) is 30.0 Å². The van der Waals surface area contributed by atoms with Crippen molar-refractivity contribution in [2.24, 2.45) is 5.73 Å². The molecular formula is C13H17F4NO. The third-order valence-corrected chi connectivity index (χ3v) is 3.22. The zero-order valence-corrected chi connectivity index (χ0v) is 11.0. The number of alkyl halides is 3. The molecule has 0 aromatic heterocycles. The first-order valence-corrected chi connectivity index (χ1v) is 5.87. The summed E-state index contributed by atoms with van der Waals surface area (Å²) >= 11 is 0. The molecule has 1 aromatic carbocycles. The van der Waals surface area contributed by atoms with Gasteiger partial charge in [0.15, 0.2) is 0 Å². The molecule has 0 saturated carbocycles. The summed E-state index contributed by atoms with van der Waals surface area (Å²) in [5, 5.41) is 10.1. The van der Waals surface area contributed by atoms with Gasteiger partial charge in [-0.15, -0.1) is 0 Å². The van der Waals surface area contributed by atoms with Gasteiger partial charge in [-0.1, -0.05) is 13.0 Å². The molecule has 2 nitrogen and oxygen atoms in total. The van der Waals surface area contributed by atoms with Crippen LogP contribution in [0.3, 0.4) is 0 Å². The lowest BCUT2D eigenvalue weighted by Gasteiger charge is -2.37. The van der Waals surface area contributed by atoms with Gasteiger partial charge in [-0.2, -0.15) is 13.2 Å².